The molecule has 23 heavy (non-hydrogen) atoms. The fourth-order valence-electron chi connectivity index (χ4n) is 3.47. The maximum absolute atomic E-state index is 12.9. The molecular formula is C18H26FN3O. The van der Waals surface area contributed by atoms with Gasteiger partial charge in [0.15, 0.2) is 0 Å². The van der Waals surface area contributed by atoms with Crippen LogP contribution in [0.4, 0.5) is 9.18 Å². The highest BCUT2D eigenvalue weighted by atomic mass is 19.1. The molecule has 3 rings (SSSR count). The van der Waals surface area contributed by atoms with Crippen LogP contribution in [-0.4, -0.2) is 48.1 Å². The summed E-state index contributed by atoms with van der Waals surface area (Å²) in [6.45, 7) is 4.09. The van der Waals surface area contributed by atoms with Crippen LogP contribution in [0.15, 0.2) is 24.3 Å². The van der Waals surface area contributed by atoms with Crippen LogP contribution in [0.2, 0.25) is 0 Å². The molecule has 5 heteroatoms. The predicted molar refractivity (Wildman–Crippen MR) is 88.7 cm³/mol. The Labute approximate surface area is 137 Å². The van der Waals surface area contributed by atoms with Gasteiger partial charge >= 0.3 is 6.03 Å². The minimum Gasteiger partial charge on any atom is -0.335 e. The zero-order valence-electron chi connectivity index (χ0n) is 13.6. The first-order chi connectivity index (χ1) is 11.2. The standard InChI is InChI=1S/C18H26FN3O/c19-16-8-6-15(7-9-16)14-21-10-12-22(13-11-21)18(23)20-17-4-2-1-3-5-17/h6-9,17H,1-5,10-14H2,(H,20,23). The second kappa shape index (κ2) is 7.77. The predicted octanol–water partition coefficient (Wildman–Crippen LogP) is 2.99. The Hall–Kier alpha value is -1.62. The molecule has 0 aromatic heterocycles. The summed E-state index contributed by atoms with van der Waals surface area (Å²) in [5.41, 5.74) is 1.12. The van der Waals surface area contributed by atoms with Crippen molar-refractivity contribution in [2.24, 2.45) is 0 Å². The van der Waals surface area contributed by atoms with Crippen molar-refractivity contribution in [3.05, 3.63) is 35.6 Å². The van der Waals surface area contributed by atoms with E-state index in [2.05, 4.69) is 10.2 Å². The number of benzene rings is 1. The third kappa shape index (κ3) is 4.67. The van der Waals surface area contributed by atoms with Crippen molar-refractivity contribution in [2.75, 3.05) is 26.2 Å². The van der Waals surface area contributed by atoms with E-state index in [0.29, 0.717) is 6.04 Å². The quantitative estimate of drug-likeness (QED) is 0.930. The summed E-state index contributed by atoms with van der Waals surface area (Å²) in [5.74, 6) is -0.196. The third-order valence-electron chi connectivity index (χ3n) is 4.91. The van der Waals surface area contributed by atoms with Crippen molar-refractivity contribution in [1.82, 2.24) is 15.1 Å². The molecule has 2 aliphatic rings. The maximum Gasteiger partial charge on any atom is 0.317 e. The molecule has 1 aromatic rings. The molecule has 0 spiro atoms. The van der Waals surface area contributed by atoms with E-state index in [9.17, 15) is 9.18 Å². The van der Waals surface area contributed by atoms with Crippen molar-refractivity contribution < 1.29 is 9.18 Å². The number of rotatable bonds is 3. The van der Waals surface area contributed by atoms with E-state index >= 15 is 0 Å². The van der Waals surface area contributed by atoms with E-state index in [1.807, 2.05) is 17.0 Å². The molecule has 1 aromatic carbocycles. The van der Waals surface area contributed by atoms with E-state index in [1.165, 1.54) is 31.4 Å². The zero-order chi connectivity index (χ0) is 16.1. The monoisotopic (exact) mass is 319 g/mol. The third-order valence-corrected chi connectivity index (χ3v) is 4.91. The summed E-state index contributed by atoms with van der Waals surface area (Å²) in [6.07, 6.45) is 6.01. The fraction of sp³-hybridized carbons (Fsp3) is 0.611. The van der Waals surface area contributed by atoms with Crippen LogP contribution in [0.1, 0.15) is 37.7 Å². The van der Waals surface area contributed by atoms with Crippen LogP contribution < -0.4 is 5.32 Å². The van der Waals surface area contributed by atoms with Crippen molar-refractivity contribution in [3.63, 3.8) is 0 Å². The van der Waals surface area contributed by atoms with Gasteiger partial charge in [-0.1, -0.05) is 31.4 Å². The molecular weight excluding hydrogens is 293 g/mol. The Kier molecular flexibility index (Phi) is 5.49. The van der Waals surface area contributed by atoms with E-state index in [-0.39, 0.29) is 11.8 Å². The molecule has 4 nitrogen and oxygen atoms in total. The largest absolute Gasteiger partial charge is 0.335 e. The summed E-state index contributed by atoms with van der Waals surface area (Å²) >= 11 is 0. The number of nitrogens with zero attached hydrogens (tertiary/aromatic N) is 2. The Morgan fingerprint density at radius 1 is 1.04 bits per heavy atom. The van der Waals surface area contributed by atoms with Crippen LogP contribution in [0.3, 0.4) is 0 Å². The molecule has 1 aliphatic carbocycles. The van der Waals surface area contributed by atoms with Crippen molar-refractivity contribution in [1.29, 1.82) is 0 Å². The number of hydrogen-bond donors (Lipinski definition) is 1. The van der Waals surface area contributed by atoms with Gasteiger partial charge in [-0.25, -0.2) is 9.18 Å². The number of amides is 2. The highest BCUT2D eigenvalue weighted by Gasteiger charge is 2.23. The first kappa shape index (κ1) is 16.2. The fourth-order valence-corrected chi connectivity index (χ4v) is 3.47. The maximum atomic E-state index is 12.9. The molecule has 0 radical (unpaired) electrons. The Balaban J connectivity index is 1.42. The Morgan fingerprint density at radius 3 is 2.35 bits per heavy atom. The number of carbonyl (C=O) groups excluding carboxylic acids is 1. The van der Waals surface area contributed by atoms with Gasteiger partial charge in [0.05, 0.1) is 0 Å². The molecule has 126 valence electrons. The number of hydrogen-bond acceptors (Lipinski definition) is 2. The SMILES string of the molecule is O=C(NC1CCCCC1)N1CCN(Cc2ccc(F)cc2)CC1. The molecule has 1 saturated heterocycles. The molecule has 2 amide bonds. The van der Waals surface area contributed by atoms with Crippen LogP contribution >= 0.6 is 0 Å². The lowest BCUT2D eigenvalue weighted by Gasteiger charge is -2.36. The van der Waals surface area contributed by atoms with Gasteiger partial charge in [0, 0.05) is 38.8 Å². The van der Waals surface area contributed by atoms with Gasteiger partial charge in [0.25, 0.3) is 0 Å². The van der Waals surface area contributed by atoms with Crippen LogP contribution in [0.25, 0.3) is 0 Å². The smallest absolute Gasteiger partial charge is 0.317 e. The van der Waals surface area contributed by atoms with Gasteiger partial charge in [0.2, 0.25) is 0 Å². The second-order valence-corrected chi connectivity index (χ2v) is 6.67. The van der Waals surface area contributed by atoms with E-state index < -0.39 is 0 Å². The van der Waals surface area contributed by atoms with Crippen LogP contribution in [0, 0.1) is 5.82 Å². The Bertz CT molecular complexity index is 506. The summed E-state index contributed by atoms with van der Waals surface area (Å²) in [7, 11) is 0. The van der Waals surface area contributed by atoms with Gasteiger partial charge < -0.3 is 10.2 Å². The highest BCUT2D eigenvalue weighted by molar-refractivity contribution is 5.74. The molecule has 1 heterocycles. The van der Waals surface area contributed by atoms with Gasteiger partial charge in [-0.3, -0.25) is 4.90 Å². The molecule has 0 atom stereocenters. The van der Waals surface area contributed by atoms with E-state index in [1.54, 1.807) is 0 Å². The van der Waals surface area contributed by atoms with Gasteiger partial charge in [0.1, 0.15) is 5.82 Å². The minimum absolute atomic E-state index is 0.0957. The zero-order valence-corrected chi connectivity index (χ0v) is 13.6. The second-order valence-electron chi connectivity index (χ2n) is 6.67. The van der Waals surface area contributed by atoms with E-state index in [0.717, 1.165) is 51.1 Å². The van der Waals surface area contributed by atoms with Crippen molar-refractivity contribution in [2.45, 2.75) is 44.7 Å². The number of halogens is 1. The first-order valence-corrected chi connectivity index (χ1v) is 8.73. The minimum atomic E-state index is -0.196. The number of nitrogens with one attached hydrogen (secondary N) is 1. The highest BCUT2D eigenvalue weighted by Crippen LogP contribution is 2.18. The van der Waals surface area contributed by atoms with E-state index in [4.69, 9.17) is 0 Å². The average molecular weight is 319 g/mol. The van der Waals surface area contributed by atoms with Gasteiger partial charge in [-0.05, 0) is 30.5 Å². The lowest BCUT2D eigenvalue weighted by atomic mass is 9.96. The topological polar surface area (TPSA) is 35.6 Å². The Morgan fingerprint density at radius 2 is 1.70 bits per heavy atom. The summed E-state index contributed by atoms with van der Waals surface area (Å²) in [6, 6.07) is 7.13. The summed E-state index contributed by atoms with van der Waals surface area (Å²) in [4.78, 5) is 16.6. The number of carbonyl (C=O) groups is 1. The lowest BCUT2D eigenvalue weighted by molar-refractivity contribution is 0.132. The number of piperazine rings is 1. The summed E-state index contributed by atoms with van der Waals surface area (Å²) < 4.78 is 12.9. The van der Waals surface area contributed by atoms with Crippen LogP contribution in [0.5, 0.6) is 0 Å². The van der Waals surface area contributed by atoms with Crippen LogP contribution in [-0.2, 0) is 6.54 Å². The first-order valence-electron chi connectivity index (χ1n) is 8.73. The summed E-state index contributed by atoms with van der Waals surface area (Å²) in [5, 5.41) is 3.19. The lowest BCUT2D eigenvalue weighted by Crippen LogP contribution is -2.53. The molecule has 1 N–H and O–H groups in total. The van der Waals surface area contributed by atoms with Gasteiger partial charge in [-0.15, -0.1) is 0 Å². The van der Waals surface area contributed by atoms with Gasteiger partial charge in [-0.2, -0.15) is 0 Å². The molecule has 2 fully saturated rings. The molecule has 1 saturated carbocycles. The normalized spacial score (nSPS) is 20.5. The van der Waals surface area contributed by atoms with Crippen molar-refractivity contribution >= 4 is 6.03 Å². The average Bonchev–Trinajstić information content (AvgIpc) is 2.58. The molecule has 0 bridgehead atoms. The molecule has 1 aliphatic heterocycles. The molecule has 0 unspecified atom stereocenters. The number of urea groups is 1. The van der Waals surface area contributed by atoms with Crippen molar-refractivity contribution in [3.8, 4) is 0 Å².